The molecule has 0 unspecified atom stereocenters. The standard InChI is InChI=1S/C8H8NO/c1-2-4-8-7(3-1)5-10-6-9-8/h1-4,6,9H,5H2. The summed E-state index contributed by atoms with van der Waals surface area (Å²) in [5, 5.41) is 3.02. The van der Waals surface area contributed by atoms with Gasteiger partial charge in [0.2, 0.25) is 0 Å². The van der Waals surface area contributed by atoms with Gasteiger partial charge in [-0.2, -0.15) is 0 Å². The van der Waals surface area contributed by atoms with Gasteiger partial charge >= 0.3 is 0 Å². The molecule has 1 aliphatic heterocycles. The van der Waals surface area contributed by atoms with Crippen LogP contribution >= 0.6 is 0 Å². The highest BCUT2D eigenvalue weighted by molar-refractivity contribution is 5.52. The Morgan fingerprint density at radius 1 is 1.30 bits per heavy atom. The number of para-hydroxylation sites is 1. The summed E-state index contributed by atoms with van der Waals surface area (Å²) in [6.45, 7) is 2.30. The average molecular weight is 134 g/mol. The first-order chi connectivity index (χ1) is 4.97. The SMILES string of the molecule is [CH]1Nc2ccccc2CO1. The molecule has 0 aliphatic carbocycles. The number of benzene rings is 1. The lowest BCUT2D eigenvalue weighted by Crippen LogP contribution is -2.08. The van der Waals surface area contributed by atoms with Gasteiger partial charge in [-0.05, 0) is 6.07 Å². The Hall–Kier alpha value is -1.02. The third kappa shape index (κ3) is 0.866. The Morgan fingerprint density at radius 2 is 2.20 bits per heavy atom. The van der Waals surface area contributed by atoms with E-state index in [0.717, 1.165) is 5.69 Å². The lowest BCUT2D eigenvalue weighted by molar-refractivity contribution is 0.187. The molecule has 1 radical (unpaired) electrons. The number of hydrogen-bond donors (Lipinski definition) is 1. The van der Waals surface area contributed by atoms with Gasteiger partial charge in [0, 0.05) is 11.3 Å². The fraction of sp³-hybridized carbons (Fsp3) is 0.125. The summed E-state index contributed by atoms with van der Waals surface area (Å²) in [7, 11) is 0. The Balaban J connectivity index is 2.41. The van der Waals surface area contributed by atoms with E-state index in [2.05, 4.69) is 11.4 Å². The minimum Gasteiger partial charge on any atom is -0.356 e. The number of fused-ring (bicyclic) bond motifs is 1. The molecule has 0 fully saturated rings. The quantitative estimate of drug-likeness (QED) is 0.583. The second kappa shape index (κ2) is 2.31. The van der Waals surface area contributed by atoms with Crippen LogP contribution in [0.25, 0.3) is 0 Å². The predicted octanol–water partition coefficient (Wildman–Crippen LogP) is 1.75. The van der Waals surface area contributed by atoms with Crippen LogP contribution in [0.3, 0.4) is 0 Å². The van der Waals surface area contributed by atoms with E-state index in [1.54, 1.807) is 6.73 Å². The highest BCUT2D eigenvalue weighted by Crippen LogP contribution is 2.20. The van der Waals surface area contributed by atoms with Gasteiger partial charge in [-0.15, -0.1) is 0 Å². The van der Waals surface area contributed by atoms with Crippen LogP contribution in [0.4, 0.5) is 5.69 Å². The van der Waals surface area contributed by atoms with Gasteiger partial charge in [0.1, 0.15) is 0 Å². The molecule has 1 aromatic carbocycles. The Bertz CT molecular complexity index is 209. The lowest BCUT2D eigenvalue weighted by Gasteiger charge is -2.16. The predicted molar refractivity (Wildman–Crippen MR) is 39.2 cm³/mol. The second-order valence-electron chi connectivity index (χ2n) is 2.23. The summed E-state index contributed by atoms with van der Waals surface area (Å²) in [4.78, 5) is 0. The van der Waals surface area contributed by atoms with Crippen LogP contribution < -0.4 is 5.32 Å². The molecule has 2 heteroatoms. The maximum absolute atomic E-state index is 5.06. The Morgan fingerprint density at radius 3 is 3.10 bits per heavy atom. The number of hydrogen-bond acceptors (Lipinski definition) is 2. The second-order valence-corrected chi connectivity index (χ2v) is 2.23. The van der Waals surface area contributed by atoms with Crippen LogP contribution in [0, 0.1) is 6.73 Å². The fourth-order valence-electron chi connectivity index (χ4n) is 1.02. The molecule has 0 spiro atoms. The molecule has 2 nitrogen and oxygen atoms in total. The summed E-state index contributed by atoms with van der Waals surface area (Å²) in [5.41, 5.74) is 2.36. The zero-order valence-electron chi connectivity index (χ0n) is 5.50. The topological polar surface area (TPSA) is 21.3 Å². The minimum absolute atomic E-state index is 0.684. The Kier molecular flexibility index (Phi) is 1.32. The van der Waals surface area contributed by atoms with Crippen molar-refractivity contribution in [2.24, 2.45) is 0 Å². The maximum Gasteiger partial charge on any atom is 0.173 e. The number of rotatable bonds is 0. The summed E-state index contributed by atoms with van der Waals surface area (Å²) >= 11 is 0. The zero-order chi connectivity index (χ0) is 6.81. The van der Waals surface area contributed by atoms with Crippen LogP contribution in [0.15, 0.2) is 24.3 Å². The van der Waals surface area contributed by atoms with Crippen LogP contribution in [-0.4, -0.2) is 0 Å². The largest absolute Gasteiger partial charge is 0.356 e. The first-order valence-corrected chi connectivity index (χ1v) is 3.24. The van der Waals surface area contributed by atoms with Gasteiger partial charge in [-0.3, -0.25) is 0 Å². The van der Waals surface area contributed by atoms with Crippen molar-refractivity contribution in [2.75, 3.05) is 5.32 Å². The monoisotopic (exact) mass is 134 g/mol. The molecule has 0 saturated heterocycles. The van der Waals surface area contributed by atoms with Crippen LogP contribution in [-0.2, 0) is 11.3 Å². The van der Waals surface area contributed by atoms with Gasteiger partial charge in [-0.25, -0.2) is 0 Å². The van der Waals surface area contributed by atoms with Crippen molar-refractivity contribution in [1.29, 1.82) is 0 Å². The molecule has 0 atom stereocenters. The highest BCUT2D eigenvalue weighted by atomic mass is 16.5. The van der Waals surface area contributed by atoms with Gasteiger partial charge in [-0.1, -0.05) is 18.2 Å². The molecule has 1 aliphatic rings. The number of ether oxygens (including phenoxy) is 1. The third-order valence-electron chi connectivity index (χ3n) is 1.55. The zero-order valence-corrected chi connectivity index (χ0v) is 5.50. The van der Waals surface area contributed by atoms with Crippen LogP contribution in [0.5, 0.6) is 0 Å². The third-order valence-corrected chi connectivity index (χ3v) is 1.55. The van der Waals surface area contributed by atoms with E-state index in [-0.39, 0.29) is 0 Å². The highest BCUT2D eigenvalue weighted by Gasteiger charge is 2.05. The lowest BCUT2D eigenvalue weighted by atomic mass is 10.2. The normalized spacial score (nSPS) is 15.6. The number of nitrogens with one attached hydrogen (secondary N) is 1. The van der Waals surface area contributed by atoms with Gasteiger partial charge in [0.25, 0.3) is 0 Å². The molecular formula is C8H8NO. The number of anilines is 1. The Labute approximate surface area is 59.8 Å². The smallest absolute Gasteiger partial charge is 0.173 e. The first kappa shape index (κ1) is 5.74. The molecular weight excluding hydrogens is 126 g/mol. The van der Waals surface area contributed by atoms with E-state index in [1.807, 2.05) is 18.2 Å². The molecule has 10 heavy (non-hydrogen) atoms. The van der Waals surface area contributed by atoms with Crippen molar-refractivity contribution in [3.63, 3.8) is 0 Å². The van der Waals surface area contributed by atoms with Gasteiger partial charge in [0.15, 0.2) is 6.73 Å². The summed E-state index contributed by atoms with van der Waals surface area (Å²) in [5.74, 6) is 0. The van der Waals surface area contributed by atoms with Crippen molar-refractivity contribution in [2.45, 2.75) is 6.61 Å². The van der Waals surface area contributed by atoms with Gasteiger partial charge in [0.05, 0.1) is 6.61 Å². The maximum atomic E-state index is 5.06. The van der Waals surface area contributed by atoms with Crippen molar-refractivity contribution >= 4 is 5.69 Å². The molecule has 51 valence electrons. The molecule has 0 saturated carbocycles. The average Bonchev–Trinajstić information content (AvgIpc) is 2.05. The van der Waals surface area contributed by atoms with E-state index in [0.29, 0.717) is 6.61 Å². The van der Waals surface area contributed by atoms with E-state index >= 15 is 0 Å². The minimum atomic E-state index is 0.684. The van der Waals surface area contributed by atoms with Crippen LogP contribution in [0.2, 0.25) is 0 Å². The van der Waals surface area contributed by atoms with E-state index < -0.39 is 0 Å². The first-order valence-electron chi connectivity index (χ1n) is 3.24. The fourth-order valence-corrected chi connectivity index (χ4v) is 1.02. The molecule has 1 heterocycles. The van der Waals surface area contributed by atoms with Gasteiger partial charge < -0.3 is 10.1 Å². The van der Waals surface area contributed by atoms with E-state index in [9.17, 15) is 0 Å². The van der Waals surface area contributed by atoms with Crippen molar-refractivity contribution in [3.05, 3.63) is 36.6 Å². The molecule has 0 aromatic heterocycles. The van der Waals surface area contributed by atoms with Crippen molar-refractivity contribution < 1.29 is 4.74 Å². The van der Waals surface area contributed by atoms with Crippen molar-refractivity contribution in [3.8, 4) is 0 Å². The van der Waals surface area contributed by atoms with Crippen LogP contribution in [0.1, 0.15) is 5.56 Å². The van der Waals surface area contributed by atoms with E-state index in [4.69, 9.17) is 4.74 Å². The molecule has 1 aromatic rings. The summed E-state index contributed by atoms with van der Waals surface area (Å²) < 4.78 is 5.06. The van der Waals surface area contributed by atoms with Crippen molar-refractivity contribution in [1.82, 2.24) is 0 Å². The molecule has 1 N–H and O–H groups in total. The molecule has 0 amide bonds. The summed E-state index contributed by atoms with van der Waals surface area (Å²) in [6.07, 6.45) is 0. The molecule has 0 bridgehead atoms. The molecule has 2 rings (SSSR count). The van der Waals surface area contributed by atoms with E-state index in [1.165, 1.54) is 5.56 Å². The summed E-state index contributed by atoms with van der Waals surface area (Å²) in [6, 6.07) is 8.10.